The smallest absolute Gasteiger partial charge is 0.136 e. The predicted molar refractivity (Wildman–Crippen MR) is 46.5 cm³/mol. The summed E-state index contributed by atoms with van der Waals surface area (Å²) in [5, 5.41) is 9.76. The van der Waals surface area contributed by atoms with E-state index in [0.717, 1.165) is 5.76 Å². The molecule has 0 saturated heterocycles. The molecule has 0 aliphatic rings. The summed E-state index contributed by atoms with van der Waals surface area (Å²) in [6.45, 7) is 3.47. The molecule has 1 atom stereocenters. The van der Waals surface area contributed by atoms with Gasteiger partial charge in [-0.05, 0) is 26.0 Å². The van der Waals surface area contributed by atoms with Gasteiger partial charge in [0.25, 0.3) is 0 Å². The molecule has 1 heterocycles. The first-order valence-electron chi connectivity index (χ1n) is 3.79. The van der Waals surface area contributed by atoms with Crippen molar-refractivity contribution in [3.63, 3.8) is 0 Å². The van der Waals surface area contributed by atoms with Crippen molar-refractivity contribution in [2.45, 2.75) is 25.9 Å². The van der Waals surface area contributed by atoms with Crippen molar-refractivity contribution in [1.82, 2.24) is 0 Å². The van der Waals surface area contributed by atoms with Gasteiger partial charge in [-0.3, -0.25) is 0 Å². The molecule has 0 fully saturated rings. The van der Waals surface area contributed by atoms with Crippen molar-refractivity contribution in [3.8, 4) is 12.3 Å². The number of rotatable bonds is 2. The maximum absolute atomic E-state index is 9.76. The second kappa shape index (κ2) is 3.04. The maximum atomic E-state index is 9.76. The van der Waals surface area contributed by atoms with Crippen LogP contribution in [0.2, 0.25) is 0 Å². The van der Waals surface area contributed by atoms with Crippen LogP contribution in [0.1, 0.15) is 24.9 Å². The van der Waals surface area contributed by atoms with Gasteiger partial charge in [-0.15, -0.1) is 12.3 Å². The van der Waals surface area contributed by atoms with Crippen LogP contribution in [-0.2, 0) is 5.60 Å². The molecule has 0 aliphatic carbocycles. The quantitative estimate of drug-likeness (QED) is 0.676. The van der Waals surface area contributed by atoms with E-state index in [1.54, 1.807) is 19.1 Å². The second-order valence-electron chi connectivity index (χ2n) is 3.07. The van der Waals surface area contributed by atoms with Crippen LogP contribution in [0.15, 0.2) is 16.5 Å². The Morgan fingerprint density at radius 3 is 2.75 bits per heavy atom. The molecule has 0 unspecified atom stereocenters. The Morgan fingerprint density at radius 1 is 1.67 bits per heavy atom. The first kappa shape index (κ1) is 8.89. The van der Waals surface area contributed by atoms with E-state index in [1.165, 1.54) is 0 Å². The lowest BCUT2D eigenvalue weighted by atomic mass is 10.0. The number of hydrogen-bond donors (Lipinski definition) is 1. The van der Waals surface area contributed by atoms with E-state index in [9.17, 15) is 5.11 Å². The molecule has 64 valence electrons. The molecule has 0 saturated carbocycles. The van der Waals surface area contributed by atoms with Crippen LogP contribution in [-0.4, -0.2) is 5.11 Å². The minimum Gasteiger partial charge on any atom is -0.463 e. The number of aliphatic hydroxyl groups is 1. The third-order valence-electron chi connectivity index (χ3n) is 1.72. The van der Waals surface area contributed by atoms with E-state index in [-0.39, 0.29) is 6.42 Å². The van der Waals surface area contributed by atoms with Crippen molar-refractivity contribution in [1.29, 1.82) is 0 Å². The SMILES string of the molecule is C#CC[C@@](C)(O)c1ccc(C)o1. The molecule has 1 N–H and O–H groups in total. The molecule has 0 bridgehead atoms. The summed E-state index contributed by atoms with van der Waals surface area (Å²) < 4.78 is 5.26. The monoisotopic (exact) mass is 164 g/mol. The Bertz CT molecular complexity index is 302. The van der Waals surface area contributed by atoms with Crippen LogP contribution in [0, 0.1) is 19.3 Å². The van der Waals surface area contributed by atoms with Gasteiger partial charge in [-0.25, -0.2) is 0 Å². The highest BCUT2D eigenvalue weighted by Gasteiger charge is 2.25. The Hall–Kier alpha value is -1.20. The topological polar surface area (TPSA) is 33.4 Å². The van der Waals surface area contributed by atoms with Gasteiger partial charge < -0.3 is 9.52 Å². The number of aryl methyl sites for hydroxylation is 1. The van der Waals surface area contributed by atoms with Crippen LogP contribution in [0.25, 0.3) is 0 Å². The Morgan fingerprint density at radius 2 is 2.33 bits per heavy atom. The van der Waals surface area contributed by atoms with Gasteiger partial charge in [0, 0.05) is 6.42 Å². The molecule has 0 radical (unpaired) electrons. The zero-order valence-corrected chi connectivity index (χ0v) is 7.29. The molecule has 1 aromatic rings. The van der Waals surface area contributed by atoms with Crippen molar-refractivity contribution < 1.29 is 9.52 Å². The van der Waals surface area contributed by atoms with Crippen LogP contribution < -0.4 is 0 Å². The first-order valence-corrected chi connectivity index (χ1v) is 3.79. The highest BCUT2D eigenvalue weighted by atomic mass is 16.4. The molecule has 2 heteroatoms. The minimum atomic E-state index is -1.04. The molecule has 1 rings (SSSR count). The van der Waals surface area contributed by atoms with Crippen LogP contribution in [0.5, 0.6) is 0 Å². The molecular formula is C10H12O2. The summed E-state index contributed by atoms with van der Waals surface area (Å²) in [6.07, 6.45) is 5.37. The molecule has 0 aromatic carbocycles. The lowest BCUT2D eigenvalue weighted by Gasteiger charge is -2.16. The highest BCUT2D eigenvalue weighted by Crippen LogP contribution is 2.25. The lowest BCUT2D eigenvalue weighted by molar-refractivity contribution is 0.0386. The van der Waals surface area contributed by atoms with E-state index >= 15 is 0 Å². The summed E-state index contributed by atoms with van der Waals surface area (Å²) in [5.74, 6) is 3.71. The van der Waals surface area contributed by atoms with E-state index < -0.39 is 5.60 Å². The van der Waals surface area contributed by atoms with Gasteiger partial charge in [0.1, 0.15) is 17.1 Å². The summed E-state index contributed by atoms with van der Waals surface area (Å²) in [4.78, 5) is 0. The van der Waals surface area contributed by atoms with Crippen molar-refractivity contribution in [3.05, 3.63) is 23.7 Å². The lowest BCUT2D eigenvalue weighted by Crippen LogP contribution is -2.19. The minimum absolute atomic E-state index is 0.264. The van der Waals surface area contributed by atoms with E-state index in [4.69, 9.17) is 10.8 Å². The summed E-state index contributed by atoms with van der Waals surface area (Å²) in [5.41, 5.74) is -1.04. The van der Waals surface area contributed by atoms with Gasteiger partial charge >= 0.3 is 0 Å². The summed E-state index contributed by atoms with van der Waals surface area (Å²) in [6, 6.07) is 3.55. The van der Waals surface area contributed by atoms with Crippen LogP contribution in [0.3, 0.4) is 0 Å². The fourth-order valence-electron chi connectivity index (χ4n) is 1.01. The molecule has 0 amide bonds. The Labute approximate surface area is 72.2 Å². The van der Waals surface area contributed by atoms with Gasteiger partial charge in [-0.2, -0.15) is 0 Å². The second-order valence-corrected chi connectivity index (χ2v) is 3.07. The standard InChI is InChI=1S/C10H12O2/c1-4-7-10(3,11)9-6-5-8(2)12-9/h1,5-6,11H,7H2,2-3H3/t10-/m1/s1. The first-order chi connectivity index (χ1) is 5.56. The zero-order valence-electron chi connectivity index (χ0n) is 7.29. The highest BCUT2D eigenvalue weighted by molar-refractivity contribution is 5.14. The molecule has 12 heavy (non-hydrogen) atoms. The van der Waals surface area contributed by atoms with Gasteiger partial charge in [0.15, 0.2) is 0 Å². The van der Waals surface area contributed by atoms with Gasteiger partial charge in [0.2, 0.25) is 0 Å². The summed E-state index contributed by atoms with van der Waals surface area (Å²) >= 11 is 0. The Balaban J connectivity index is 2.90. The van der Waals surface area contributed by atoms with Crippen molar-refractivity contribution in [2.75, 3.05) is 0 Å². The zero-order chi connectivity index (χ0) is 9.19. The van der Waals surface area contributed by atoms with Crippen molar-refractivity contribution in [2.24, 2.45) is 0 Å². The normalized spacial score (nSPS) is 15.2. The Kier molecular flexibility index (Phi) is 2.25. The van der Waals surface area contributed by atoms with E-state index in [1.807, 2.05) is 6.92 Å². The average molecular weight is 164 g/mol. The molecule has 0 spiro atoms. The van der Waals surface area contributed by atoms with Gasteiger partial charge in [-0.1, -0.05) is 0 Å². The van der Waals surface area contributed by atoms with Gasteiger partial charge in [0.05, 0.1) is 0 Å². The van der Waals surface area contributed by atoms with Crippen LogP contribution >= 0.6 is 0 Å². The third kappa shape index (κ3) is 1.69. The predicted octanol–water partition coefficient (Wildman–Crippen LogP) is 1.82. The van der Waals surface area contributed by atoms with E-state index in [2.05, 4.69) is 5.92 Å². The van der Waals surface area contributed by atoms with Crippen LogP contribution in [0.4, 0.5) is 0 Å². The third-order valence-corrected chi connectivity index (χ3v) is 1.72. The number of hydrogen-bond acceptors (Lipinski definition) is 2. The fraction of sp³-hybridized carbons (Fsp3) is 0.400. The fourth-order valence-corrected chi connectivity index (χ4v) is 1.01. The van der Waals surface area contributed by atoms with E-state index in [0.29, 0.717) is 5.76 Å². The number of furan rings is 1. The summed E-state index contributed by atoms with van der Waals surface area (Å²) in [7, 11) is 0. The molecule has 0 aliphatic heterocycles. The molecule has 2 nitrogen and oxygen atoms in total. The molecular weight excluding hydrogens is 152 g/mol. The molecule has 1 aromatic heterocycles. The van der Waals surface area contributed by atoms with Crippen molar-refractivity contribution >= 4 is 0 Å². The number of terminal acetylenes is 1. The average Bonchev–Trinajstić information content (AvgIpc) is 2.36. The maximum Gasteiger partial charge on any atom is 0.136 e. The largest absolute Gasteiger partial charge is 0.463 e.